The van der Waals surface area contributed by atoms with Gasteiger partial charge in [0.2, 0.25) is 0 Å². The number of allylic oxidation sites excluding steroid dienone is 1. The minimum atomic E-state index is 0.609. The third kappa shape index (κ3) is 3.47. The Balaban J connectivity index is 3.30. The van der Waals surface area contributed by atoms with E-state index in [4.69, 9.17) is 5.41 Å². The third-order valence-electron chi connectivity index (χ3n) is 0.417. The van der Waals surface area contributed by atoms with Crippen LogP contribution in [0.1, 0.15) is 6.92 Å². The lowest BCUT2D eigenvalue weighted by molar-refractivity contribution is 1.50. The van der Waals surface area contributed by atoms with E-state index >= 15 is 0 Å². The van der Waals surface area contributed by atoms with Crippen molar-refractivity contribution < 1.29 is 0 Å². The van der Waals surface area contributed by atoms with Crippen molar-refractivity contribution in [3.63, 3.8) is 0 Å². The SMILES string of the molecule is B/C=C\C(C)=N. The molecule has 0 saturated heterocycles. The monoisotopic (exact) mass is 81.1 g/mol. The quantitative estimate of drug-likeness (QED) is 0.343. The van der Waals surface area contributed by atoms with Crippen LogP contribution in [0.2, 0.25) is 0 Å². The minimum absolute atomic E-state index is 0.609. The zero-order chi connectivity index (χ0) is 4.99. The molecule has 0 aliphatic carbocycles. The molecule has 0 saturated carbocycles. The molecule has 0 unspecified atom stereocenters. The smallest absolute Gasteiger partial charge is 0.129 e. The summed E-state index contributed by atoms with van der Waals surface area (Å²) < 4.78 is 0. The molecule has 0 aromatic heterocycles. The van der Waals surface area contributed by atoms with E-state index in [0.29, 0.717) is 5.71 Å². The maximum atomic E-state index is 6.81. The van der Waals surface area contributed by atoms with Gasteiger partial charge in [-0.05, 0) is 6.92 Å². The van der Waals surface area contributed by atoms with E-state index in [-0.39, 0.29) is 0 Å². The number of nitrogens with one attached hydrogen (secondary N) is 1. The highest BCUT2D eigenvalue weighted by molar-refractivity contribution is 6.19. The molecule has 0 atom stereocenters. The lowest BCUT2D eigenvalue weighted by Crippen LogP contribution is -1.75. The Morgan fingerprint density at radius 1 is 1.83 bits per heavy atom. The average molecular weight is 80.9 g/mol. The predicted octanol–water partition coefficient (Wildman–Crippen LogP) is 0.173. The molecule has 0 fully saturated rings. The summed E-state index contributed by atoms with van der Waals surface area (Å²) in [5.41, 5.74) is 0.609. The molecule has 0 aliphatic heterocycles. The highest BCUT2D eigenvalue weighted by Crippen LogP contribution is 1.67. The highest BCUT2D eigenvalue weighted by Gasteiger charge is 1.66. The predicted molar refractivity (Wildman–Crippen MR) is 31.1 cm³/mol. The van der Waals surface area contributed by atoms with Crippen molar-refractivity contribution in [1.82, 2.24) is 0 Å². The van der Waals surface area contributed by atoms with Crippen molar-refractivity contribution in [2.24, 2.45) is 0 Å². The second kappa shape index (κ2) is 2.70. The zero-order valence-corrected chi connectivity index (χ0v) is 4.15. The Kier molecular flexibility index (Phi) is 2.46. The van der Waals surface area contributed by atoms with E-state index in [0.717, 1.165) is 0 Å². The zero-order valence-electron chi connectivity index (χ0n) is 4.15. The van der Waals surface area contributed by atoms with Gasteiger partial charge in [-0.25, -0.2) is 0 Å². The summed E-state index contributed by atoms with van der Waals surface area (Å²) in [6.45, 7) is 1.75. The largest absolute Gasteiger partial charge is 0.306 e. The van der Waals surface area contributed by atoms with Gasteiger partial charge in [0, 0.05) is 5.71 Å². The summed E-state index contributed by atoms with van der Waals surface area (Å²) >= 11 is 0. The molecule has 0 amide bonds. The van der Waals surface area contributed by atoms with E-state index in [1.165, 1.54) is 0 Å². The van der Waals surface area contributed by atoms with Gasteiger partial charge in [0.15, 0.2) is 0 Å². The van der Waals surface area contributed by atoms with Gasteiger partial charge in [-0.15, -0.1) is 5.98 Å². The van der Waals surface area contributed by atoms with Gasteiger partial charge in [-0.3, -0.25) is 0 Å². The van der Waals surface area contributed by atoms with Crippen LogP contribution in [0.15, 0.2) is 12.1 Å². The molecule has 1 N–H and O–H groups in total. The van der Waals surface area contributed by atoms with Crippen LogP contribution < -0.4 is 0 Å². The van der Waals surface area contributed by atoms with Crippen molar-refractivity contribution in [3.8, 4) is 0 Å². The highest BCUT2D eigenvalue weighted by atomic mass is 14.4. The molecule has 0 bridgehead atoms. The first-order valence-electron chi connectivity index (χ1n) is 1.95. The van der Waals surface area contributed by atoms with Gasteiger partial charge >= 0.3 is 0 Å². The van der Waals surface area contributed by atoms with Crippen LogP contribution in [0, 0.1) is 5.41 Å². The molecule has 2 heteroatoms. The second-order valence-electron chi connectivity index (χ2n) is 1.18. The lowest BCUT2D eigenvalue weighted by Gasteiger charge is -1.73. The van der Waals surface area contributed by atoms with Gasteiger partial charge in [0.25, 0.3) is 0 Å². The van der Waals surface area contributed by atoms with E-state index in [2.05, 4.69) is 0 Å². The Labute approximate surface area is 39.0 Å². The van der Waals surface area contributed by atoms with Gasteiger partial charge in [-0.2, -0.15) is 0 Å². The normalized spacial score (nSPS) is 9.50. The summed E-state index contributed by atoms with van der Waals surface area (Å²) in [5, 5.41) is 6.81. The molecule has 1 nitrogen and oxygen atoms in total. The van der Waals surface area contributed by atoms with Crippen LogP contribution in [0.5, 0.6) is 0 Å². The van der Waals surface area contributed by atoms with Gasteiger partial charge in [0.05, 0.1) is 0 Å². The van der Waals surface area contributed by atoms with Crippen LogP contribution in [0.3, 0.4) is 0 Å². The van der Waals surface area contributed by atoms with Crippen LogP contribution in [0.25, 0.3) is 0 Å². The van der Waals surface area contributed by atoms with E-state index in [1.54, 1.807) is 13.0 Å². The minimum Gasteiger partial charge on any atom is -0.306 e. The molecule has 0 rings (SSSR count). The van der Waals surface area contributed by atoms with E-state index < -0.39 is 0 Å². The first-order valence-corrected chi connectivity index (χ1v) is 1.95. The first-order chi connectivity index (χ1) is 2.77. The molecular weight excluding hydrogens is 72.9 g/mol. The maximum absolute atomic E-state index is 6.81. The Morgan fingerprint density at radius 3 is 2.33 bits per heavy atom. The van der Waals surface area contributed by atoms with Crippen molar-refractivity contribution in [3.05, 3.63) is 12.1 Å². The van der Waals surface area contributed by atoms with Crippen molar-refractivity contribution in [2.75, 3.05) is 0 Å². The van der Waals surface area contributed by atoms with Gasteiger partial charge in [-0.1, -0.05) is 6.08 Å². The van der Waals surface area contributed by atoms with E-state index in [1.807, 2.05) is 13.8 Å². The first kappa shape index (κ1) is 5.47. The third-order valence-corrected chi connectivity index (χ3v) is 0.417. The topological polar surface area (TPSA) is 23.9 Å². The molecule has 0 radical (unpaired) electrons. The van der Waals surface area contributed by atoms with Crippen molar-refractivity contribution in [1.29, 1.82) is 5.41 Å². The van der Waals surface area contributed by atoms with Crippen molar-refractivity contribution in [2.45, 2.75) is 6.92 Å². The summed E-state index contributed by atoms with van der Waals surface area (Å²) in [7, 11) is 1.90. The maximum Gasteiger partial charge on any atom is 0.129 e. The van der Waals surface area contributed by atoms with Crippen LogP contribution >= 0.6 is 0 Å². The fourth-order valence-corrected chi connectivity index (χ4v) is 0.250. The van der Waals surface area contributed by atoms with Crippen molar-refractivity contribution >= 4 is 13.6 Å². The fourth-order valence-electron chi connectivity index (χ4n) is 0.250. The molecule has 32 valence electrons. The number of hydrogen-bond donors (Lipinski definition) is 1. The summed E-state index contributed by atoms with van der Waals surface area (Å²) in [6.07, 6.45) is 1.75. The van der Waals surface area contributed by atoms with Crippen LogP contribution in [-0.2, 0) is 0 Å². The standard InChI is InChI=1S/C4H8BN/c1-4(6)2-3-5/h2-3,6H,5H2,1H3/b3-2-,6-4?. The molecule has 0 aliphatic rings. The fraction of sp³-hybridized carbons (Fsp3) is 0.250. The van der Waals surface area contributed by atoms with E-state index in [9.17, 15) is 0 Å². The number of hydrogen-bond acceptors (Lipinski definition) is 1. The Bertz CT molecular complexity index is 75.6. The molecule has 0 heterocycles. The van der Waals surface area contributed by atoms with Crippen LogP contribution in [-0.4, -0.2) is 13.6 Å². The number of rotatable bonds is 1. The molecule has 0 aromatic rings. The Hall–Kier alpha value is -0.525. The Morgan fingerprint density at radius 2 is 2.33 bits per heavy atom. The summed E-state index contributed by atoms with van der Waals surface area (Å²) in [5.74, 6) is 1.85. The summed E-state index contributed by atoms with van der Waals surface area (Å²) in [6, 6.07) is 0. The second-order valence-corrected chi connectivity index (χ2v) is 1.18. The molecule has 0 spiro atoms. The van der Waals surface area contributed by atoms with Crippen LogP contribution in [0.4, 0.5) is 0 Å². The molecular formula is C4H8BN. The molecule has 0 aromatic carbocycles. The lowest BCUT2D eigenvalue weighted by atomic mass is 10.1. The summed E-state index contributed by atoms with van der Waals surface area (Å²) in [4.78, 5) is 0. The average Bonchev–Trinajstić information content (AvgIpc) is 1.35. The van der Waals surface area contributed by atoms with Gasteiger partial charge < -0.3 is 5.41 Å². The van der Waals surface area contributed by atoms with Gasteiger partial charge in [0.1, 0.15) is 7.85 Å². The molecule has 6 heavy (non-hydrogen) atoms.